The second kappa shape index (κ2) is 14.8. The number of benzene rings is 8. The molecule has 11 aromatic rings. The zero-order valence-corrected chi connectivity index (χ0v) is 45.4. The highest BCUT2D eigenvalue weighted by atomic mass is 32.1. The van der Waals surface area contributed by atoms with Crippen molar-refractivity contribution in [2.45, 2.75) is 114 Å². The van der Waals surface area contributed by atoms with Crippen molar-refractivity contribution >= 4 is 110 Å². The van der Waals surface area contributed by atoms with E-state index < -0.39 is 0 Å². The Labute approximate surface area is 455 Å². The Kier molecular flexibility index (Phi) is 8.33. The van der Waals surface area contributed by atoms with Crippen LogP contribution in [0.3, 0.4) is 0 Å². The molecule has 5 heteroatoms. The minimum Gasteiger partial charge on any atom is -0.454 e. The van der Waals surface area contributed by atoms with Crippen molar-refractivity contribution in [3.05, 3.63) is 162 Å². The molecule has 21 rings (SSSR count). The molecule has 0 saturated heterocycles. The average Bonchev–Trinajstić information content (AvgIpc) is 4.34. The van der Waals surface area contributed by atoms with Crippen molar-refractivity contribution in [2.24, 2.45) is 35.5 Å². The fraction of sp³-hybridized carbons (Fsp3) is 0.333. The highest BCUT2D eigenvalue weighted by Crippen LogP contribution is 2.64. The summed E-state index contributed by atoms with van der Waals surface area (Å²) in [5.41, 5.74) is 20.4. The molecule has 0 amide bonds. The summed E-state index contributed by atoms with van der Waals surface area (Å²) in [6.07, 6.45) is 17.0. The lowest BCUT2D eigenvalue weighted by molar-refractivity contribution is -0.00527. The van der Waals surface area contributed by atoms with E-state index in [2.05, 4.69) is 176 Å². The summed E-state index contributed by atoms with van der Waals surface area (Å²) < 4.78 is 11.7. The number of rotatable bonds is 4. The van der Waals surface area contributed by atoms with E-state index in [9.17, 15) is 0 Å². The van der Waals surface area contributed by atoms with Gasteiger partial charge in [-0.3, -0.25) is 4.90 Å². The van der Waals surface area contributed by atoms with Crippen molar-refractivity contribution in [3.63, 3.8) is 0 Å². The first kappa shape index (κ1) is 43.4. The summed E-state index contributed by atoms with van der Waals surface area (Å²) >= 11 is 1.99. The van der Waals surface area contributed by atoms with Gasteiger partial charge < -0.3 is 8.90 Å². The standard InChI is InChI=1S/C72H63BN2OS/c1-70(2,3)48-18-21-60(54(29-48)46-11-5-4-6-12-46)74-66-63-56(33-59-52-15-9-10-16-62(52)76-67(59)66)58-32-50(72-37-43-26-44(38-72)28-45(27-43)39-72)31-57-55-30-49(71-34-40-23-41(35-71)25-42(24-40)36-71)19-22-61(55)75(65(57)58)73(63)64-53-20-17-47-13-7-8-14-51(47)68(53)77-69(64)74/h4-22,29-33,40-45H,23-28,34-39H2,1-3H3. The molecule has 376 valence electrons. The number of fused-ring (bicyclic) bond motifs is 15. The van der Waals surface area contributed by atoms with Crippen LogP contribution >= 0.6 is 11.3 Å². The van der Waals surface area contributed by atoms with Crippen LogP contribution < -0.4 is 15.8 Å². The molecule has 10 aliphatic rings. The molecule has 8 aliphatic carbocycles. The van der Waals surface area contributed by atoms with E-state index in [-0.39, 0.29) is 17.7 Å². The number of para-hydroxylation sites is 1. The molecule has 8 saturated carbocycles. The summed E-state index contributed by atoms with van der Waals surface area (Å²) in [4.78, 5) is 2.71. The largest absolute Gasteiger partial charge is 0.454 e. The van der Waals surface area contributed by atoms with E-state index in [0.717, 1.165) is 46.7 Å². The van der Waals surface area contributed by atoms with E-state index in [1.54, 1.807) is 11.1 Å². The number of hydrogen-bond donors (Lipinski definition) is 0. The molecule has 3 nitrogen and oxygen atoms in total. The SMILES string of the molecule is CC(C)(C)c1ccc(N2c3sc4c(ccc5ccccc54)c3B3c4c(cc5c(oc6ccccc65)c42)-c2cc(C45CC6CC(CC(C6)C4)C5)cc4c5cc(C67CC8CC(CC(C8)C6)C7)ccc5n3c24)c(-c2ccccc2)c1. The van der Waals surface area contributed by atoms with Crippen LogP contribution in [0.2, 0.25) is 0 Å². The van der Waals surface area contributed by atoms with Crippen molar-refractivity contribution in [2.75, 3.05) is 4.90 Å². The van der Waals surface area contributed by atoms with Crippen molar-refractivity contribution in [3.8, 4) is 22.3 Å². The summed E-state index contributed by atoms with van der Waals surface area (Å²) in [6, 6.07) is 57.7. The summed E-state index contributed by atoms with van der Waals surface area (Å²) in [5.74, 6) is 5.28. The molecule has 0 spiro atoms. The van der Waals surface area contributed by atoms with Gasteiger partial charge in [0.05, 0.1) is 16.4 Å². The Morgan fingerprint density at radius 2 is 1.17 bits per heavy atom. The van der Waals surface area contributed by atoms with Gasteiger partial charge in [0, 0.05) is 48.4 Å². The van der Waals surface area contributed by atoms with Crippen molar-refractivity contribution < 1.29 is 4.42 Å². The van der Waals surface area contributed by atoms with Gasteiger partial charge in [-0.05, 0) is 232 Å². The maximum absolute atomic E-state index is 7.46. The third-order valence-electron chi connectivity index (χ3n) is 22.2. The summed E-state index contributed by atoms with van der Waals surface area (Å²) in [7, 11) is 0. The van der Waals surface area contributed by atoms with Gasteiger partial charge in [0.15, 0.2) is 5.58 Å². The Morgan fingerprint density at radius 3 is 1.88 bits per heavy atom. The van der Waals surface area contributed by atoms with Crippen LogP contribution in [0.25, 0.3) is 86.9 Å². The molecule has 0 radical (unpaired) electrons. The highest BCUT2D eigenvalue weighted by Gasteiger charge is 2.55. The third-order valence-corrected chi connectivity index (χ3v) is 23.4. The Balaban J connectivity index is 0.979. The van der Waals surface area contributed by atoms with Gasteiger partial charge in [0.1, 0.15) is 5.58 Å². The predicted octanol–water partition coefficient (Wildman–Crippen LogP) is 18.4. The maximum Gasteiger partial charge on any atom is 0.334 e. The molecule has 77 heavy (non-hydrogen) atoms. The first-order chi connectivity index (χ1) is 37.6. The smallest absolute Gasteiger partial charge is 0.334 e. The third kappa shape index (κ3) is 5.75. The topological polar surface area (TPSA) is 21.3 Å². The second-order valence-electron chi connectivity index (χ2n) is 27.6. The Morgan fingerprint density at radius 1 is 0.519 bits per heavy atom. The van der Waals surface area contributed by atoms with E-state index in [1.807, 2.05) is 11.3 Å². The first-order valence-electron chi connectivity index (χ1n) is 29.7. The number of furan rings is 1. The Bertz CT molecular complexity index is 4360. The zero-order chi connectivity index (χ0) is 50.4. The molecule has 0 atom stereocenters. The van der Waals surface area contributed by atoms with Gasteiger partial charge >= 0.3 is 6.85 Å². The highest BCUT2D eigenvalue weighted by molar-refractivity contribution is 7.27. The average molecular weight is 1020 g/mol. The van der Waals surface area contributed by atoms with Crippen molar-refractivity contribution in [1.82, 2.24) is 4.48 Å². The monoisotopic (exact) mass is 1010 g/mol. The van der Waals surface area contributed by atoms with Gasteiger partial charge in [-0.1, -0.05) is 118 Å². The normalized spacial score (nSPS) is 27.4. The molecular formula is C72H63BN2OS. The second-order valence-corrected chi connectivity index (χ2v) is 28.6. The molecule has 8 fully saturated rings. The van der Waals surface area contributed by atoms with Crippen LogP contribution in [0.5, 0.6) is 0 Å². The lowest BCUT2D eigenvalue weighted by atomic mass is 9.45. The van der Waals surface area contributed by atoms with Crippen LogP contribution in [0.4, 0.5) is 16.4 Å². The lowest BCUT2D eigenvalue weighted by Gasteiger charge is -2.57. The Hall–Kier alpha value is -6.56. The number of hydrogen-bond acceptors (Lipinski definition) is 3. The van der Waals surface area contributed by atoms with Crippen LogP contribution in [0.1, 0.15) is 115 Å². The van der Waals surface area contributed by atoms with Crippen LogP contribution in [-0.4, -0.2) is 11.3 Å². The number of thiophene rings is 1. The summed E-state index contributed by atoms with van der Waals surface area (Å²) in [6.45, 7) is 6.97. The summed E-state index contributed by atoms with van der Waals surface area (Å²) in [5, 5.41) is 10.7. The molecular weight excluding hydrogens is 952 g/mol. The van der Waals surface area contributed by atoms with Crippen LogP contribution in [-0.2, 0) is 16.2 Å². The number of nitrogens with zero attached hydrogens (tertiary/aromatic N) is 2. The molecule has 0 unspecified atom stereocenters. The van der Waals surface area contributed by atoms with Gasteiger partial charge in [-0.15, -0.1) is 11.3 Å². The maximum atomic E-state index is 7.46. The van der Waals surface area contributed by atoms with E-state index >= 15 is 0 Å². The van der Waals surface area contributed by atoms with Crippen molar-refractivity contribution in [1.29, 1.82) is 0 Å². The first-order valence-corrected chi connectivity index (χ1v) is 30.5. The molecule has 2 aliphatic heterocycles. The predicted molar refractivity (Wildman–Crippen MR) is 324 cm³/mol. The molecule has 8 bridgehead atoms. The van der Waals surface area contributed by atoms with Gasteiger partial charge in [0.25, 0.3) is 0 Å². The van der Waals surface area contributed by atoms with Gasteiger partial charge in [-0.25, -0.2) is 0 Å². The molecule has 0 N–H and O–H groups in total. The molecule has 8 aromatic carbocycles. The zero-order valence-electron chi connectivity index (χ0n) is 44.6. The molecule has 3 aromatic heterocycles. The van der Waals surface area contributed by atoms with Crippen LogP contribution in [0, 0.1) is 35.5 Å². The van der Waals surface area contributed by atoms with Gasteiger partial charge in [0.2, 0.25) is 0 Å². The van der Waals surface area contributed by atoms with E-state index in [4.69, 9.17) is 4.42 Å². The van der Waals surface area contributed by atoms with Crippen LogP contribution in [0.15, 0.2) is 150 Å². The van der Waals surface area contributed by atoms with E-state index in [0.29, 0.717) is 5.41 Å². The van der Waals surface area contributed by atoms with E-state index in [1.165, 1.54) is 186 Å². The fourth-order valence-corrected chi connectivity index (χ4v) is 21.2. The quantitative estimate of drug-likeness (QED) is 0.164. The lowest BCUT2D eigenvalue weighted by Crippen LogP contribution is -2.56. The number of aromatic nitrogens is 1. The minimum atomic E-state index is -0.0869. The van der Waals surface area contributed by atoms with Gasteiger partial charge in [-0.2, -0.15) is 0 Å². The fourth-order valence-electron chi connectivity index (χ4n) is 19.8. The number of anilines is 3. The minimum absolute atomic E-state index is 0.0385. The molecule has 5 heterocycles.